The Morgan fingerprint density at radius 2 is 2.38 bits per heavy atom. The Balaban J connectivity index is 2.24. The molecule has 0 radical (unpaired) electrons. The molecule has 13 heavy (non-hydrogen) atoms. The lowest BCUT2D eigenvalue weighted by Gasteiger charge is -2.32. The topological polar surface area (TPSA) is 32.7 Å². The Morgan fingerprint density at radius 3 is 3.00 bits per heavy atom. The fourth-order valence-corrected chi connectivity index (χ4v) is 2.06. The summed E-state index contributed by atoms with van der Waals surface area (Å²) in [6.45, 7) is 5.72. The molecule has 0 aromatic heterocycles. The molecule has 1 aliphatic rings. The van der Waals surface area contributed by atoms with Gasteiger partial charge < -0.3 is 14.7 Å². The Morgan fingerprint density at radius 1 is 1.62 bits per heavy atom. The molecule has 0 aromatic carbocycles. The molecule has 0 saturated carbocycles. The minimum atomic E-state index is -0.207. The van der Waals surface area contributed by atoms with Crippen molar-refractivity contribution in [3.05, 3.63) is 0 Å². The van der Waals surface area contributed by atoms with Crippen LogP contribution in [0.5, 0.6) is 0 Å². The number of ether oxygens (including phenoxy) is 1. The summed E-state index contributed by atoms with van der Waals surface area (Å²) < 4.78 is 5.15. The molecular formula is C10H21NO2. The molecule has 1 fully saturated rings. The van der Waals surface area contributed by atoms with Gasteiger partial charge in [-0.05, 0) is 32.2 Å². The van der Waals surface area contributed by atoms with Crippen molar-refractivity contribution < 1.29 is 9.84 Å². The zero-order valence-corrected chi connectivity index (χ0v) is 8.70. The zero-order chi connectivity index (χ0) is 9.68. The fraction of sp³-hybridized carbons (Fsp3) is 1.00. The highest BCUT2D eigenvalue weighted by atomic mass is 16.5. The largest absolute Gasteiger partial charge is 0.392 e. The fourth-order valence-electron chi connectivity index (χ4n) is 2.06. The highest BCUT2D eigenvalue weighted by Crippen LogP contribution is 2.16. The molecule has 78 valence electrons. The summed E-state index contributed by atoms with van der Waals surface area (Å²) in [6, 6.07) is 0. The number of methoxy groups -OCH3 is 1. The summed E-state index contributed by atoms with van der Waals surface area (Å²) in [7, 11) is 1.76. The molecule has 0 aliphatic carbocycles. The van der Waals surface area contributed by atoms with Crippen LogP contribution in [-0.2, 0) is 4.74 Å². The molecule has 1 saturated heterocycles. The molecule has 1 N–H and O–H groups in total. The van der Waals surface area contributed by atoms with E-state index < -0.39 is 0 Å². The van der Waals surface area contributed by atoms with Gasteiger partial charge in [0.25, 0.3) is 0 Å². The number of hydrogen-bond acceptors (Lipinski definition) is 3. The highest BCUT2D eigenvalue weighted by molar-refractivity contribution is 4.73. The lowest BCUT2D eigenvalue weighted by molar-refractivity contribution is 0.0620. The van der Waals surface area contributed by atoms with E-state index in [9.17, 15) is 5.11 Å². The van der Waals surface area contributed by atoms with Crippen LogP contribution in [0.3, 0.4) is 0 Å². The van der Waals surface area contributed by atoms with Crippen LogP contribution in [0.2, 0.25) is 0 Å². The number of β-amino-alcohol motifs (C(OH)–C–C–N with tert-alkyl or cyclic N) is 1. The van der Waals surface area contributed by atoms with Crippen LogP contribution in [0.1, 0.15) is 19.8 Å². The lowest BCUT2D eigenvalue weighted by Crippen LogP contribution is -2.40. The predicted molar refractivity (Wildman–Crippen MR) is 52.7 cm³/mol. The second-order valence-corrected chi connectivity index (χ2v) is 4.07. The van der Waals surface area contributed by atoms with Crippen LogP contribution >= 0.6 is 0 Å². The number of hydrogen-bond donors (Lipinski definition) is 1. The molecule has 0 aromatic rings. The maximum atomic E-state index is 9.25. The molecule has 3 nitrogen and oxygen atoms in total. The standard InChI is InChI=1S/C10H21NO2/c1-9(12)6-11-5-3-4-10(7-11)8-13-2/h9-10,12H,3-8H2,1-2H3/t9-,10?/m1/s1. The number of aliphatic hydroxyl groups excluding tert-OH is 1. The minimum absolute atomic E-state index is 0.207. The van der Waals surface area contributed by atoms with Gasteiger partial charge >= 0.3 is 0 Å². The van der Waals surface area contributed by atoms with Crippen molar-refractivity contribution in [2.24, 2.45) is 5.92 Å². The zero-order valence-electron chi connectivity index (χ0n) is 8.70. The van der Waals surface area contributed by atoms with E-state index in [2.05, 4.69) is 4.90 Å². The van der Waals surface area contributed by atoms with Crippen LogP contribution in [0.15, 0.2) is 0 Å². The molecule has 1 heterocycles. The van der Waals surface area contributed by atoms with Gasteiger partial charge in [0, 0.05) is 20.2 Å². The SMILES string of the molecule is COCC1CCCN(C[C@@H](C)O)C1. The van der Waals surface area contributed by atoms with E-state index in [1.807, 2.05) is 6.92 Å². The first kappa shape index (κ1) is 11.0. The Kier molecular flexibility index (Phi) is 4.70. The van der Waals surface area contributed by atoms with Crippen LogP contribution in [0.25, 0.3) is 0 Å². The summed E-state index contributed by atoms with van der Waals surface area (Å²) in [5.41, 5.74) is 0. The molecule has 1 aliphatic heterocycles. The third-order valence-corrected chi connectivity index (χ3v) is 2.53. The summed E-state index contributed by atoms with van der Waals surface area (Å²) in [5, 5.41) is 9.25. The van der Waals surface area contributed by atoms with Crippen molar-refractivity contribution in [1.29, 1.82) is 0 Å². The molecular weight excluding hydrogens is 166 g/mol. The summed E-state index contributed by atoms with van der Waals surface area (Å²) in [4.78, 5) is 2.33. The summed E-state index contributed by atoms with van der Waals surface area (Å²) in [6.07, 6.45) is 2.30. The normalized spacial score (nSPS) is 27.5. The van der Waals surface area contributed by atoms with Gasteiger partial charge in [-0.15, -0.1) is 0 Å². The minimum Gasteiger partial charge on any atom is -0.392 e. The van der Waals surface area contributed by atoms with Crippen molar-refractivity contribution >= 4 is 0 Å². The first-order valence-corrected chi connectivity index (χ1v) is 5.11. The smallest absolute Gasteiger partial charge is 0.0639 e. The first-order chi connectivity index (χ1) is 6.22. The van der Waals surface area contributed by atoms with E-state index in [1.165, 1.54) is 12.8 Å². The van der Waals surface area contributed by atoms with Crippen LogP contribution < -0.4 is 0 Å². The van der Waals surface area contributed by atoms with Gasteiger partial charge in [0.1, 0.15) is 0 Å². The molecule has 1 unspecified atom stereocenters. The average molecular weight is 187 g/mol. The molecule has 3 heteroatoms. The second-order valence-electron chi connectivity index (χ2n) is 4.07. The molecule has 2 atom stereocenters. The van der Waals surface area contributed by atoms with Gasteiger partial charge in [-0.1, -0.05) is 0 Å². The van der Waals surface area contributed by atoms with Crippen molar-refractivity contribution in [3.63, 3.8) is 0 Å². The molecule has 0 bridgehead atoms. The van der Waals surface area contributed by atoms with Crippen molar-refractivity contribution in [2.75, 3.05) is 33.4 Å². The van der Waals surface area contributed by atoms with Crippen molar-refractivity contribution in [3.8, 4) is 0 Å². The van der Waals surface area contributed by atoms with Crippen LogP contribution in [0.4, 0.5) is 0 Å². The van der Waals surface area contributed by atoms with Crippen molar-refractivity contribution in [2.45, 2.75) is 25.9 Å². The third kappa shape index (κ3) is 4.07. The van der Waals surface area contributed by atoms with E-state index in [0.29, 0.717) is 5.92 Å². The first-order valence-electron chi connectivity index (χ1n) is 5.11. The van der Waals surface area contributed by atoms with E-state index in [4.69, 9.17) is 4.74 Å². The Labute approximate surface area is 80.7 Å². The molecule has 0 spiro atoms. The summed E-state index contributed by atoms with van der Waals surface area (Å²) >= 11 is 0. The monoisotopic (exact) mass is 187 g/mol. The van der Waals surface area contributed by atoms with Gasteiger partial charge in [-0.25, -0.2) is 0 Å². The average Bonchev–Trinajstić information content (AvgIpc) is 2.04. The number of aliphatic hydroxyl groups is 1. The second kappa shape index (κ2) is 5.58. The van der Waals surface area contributed by atoms with Crippen LogP contribution in [0, 0.1) is 5.92 Å². The maximum absolute atomic E-state index is 9.25. The summed E-state index contributed by atoms with van der Waals surface area (Å²) in [5.74, 6) is 0.664. The third-order valence-electron chi connectivity index (χ3n) is 2.53. The molecule has 0 amide bonds. The van der Waals surface area contributed by atoms with Crippen molar-refractivity contribution in [1.82, 2.24) is 4.90 Å². The highest BCUT2D eigenvalue weighted by Gasteiger charge is 2.20. The molecule has 1 rings (SSSR count). The lowest BCUT2D eigenvalue weighted by atomic mass is 9.99. The van der Waals surface area contributed by atoms with Crippen LogP contribution in [-0.4, -0.2) is 49.5 Å². The Hall–Kier alpha value is -0.120. The predicted octanol–water partition coefficient (Wildman–Crippen LogP) is 0.726. The number of likely N-dealkylation sites (tertiary alicyclic amines) is 1. The van der Waals surface area contributed by atoms with Gasteiger partial charge in [-0.2, -0.15) is 0 Å². The number of rotatable bonds is 4. The van der Waals surface area contributed by atoms with Gasteiger partial charge in [0.15, 0.2) is 0 Å². The van der Waals surface area contributed by atoms with E-state index in [-0.39, 0.29) is 6.10 Å². The maximum Gasteiger partial charge on any atom is 0.0639 e. The van der Waals surface area contributed by atoms with Gasteiger partial charge in [0.2, 0.25) is 0 Å². The van der Waals surface area contributed by atoms with E-state index >= 15 is 0 Å². The van der Waals surface area contributed by atoms with E-state index in [1.54, 1.807) is 7.11 Å². The quantitative estimate of drug-likeness (QED) is 0.704. The van der Waals surface area contributed by atoms with Gasteiger partial charge in [-0.3, -0.25) is 0 Å². The Bertz CT molecular complexity index is 137. The number of nitrogens with zero attached hydrogens (tertiary/aromatic N) is 1. The number of piperidine rings is 1. The van der Waals surface area contributed by atoms with Gasteiger partial charge in [0.05, 0.1) is 12.7 Å². The van der Waals surface area contributed by atoms with E-state index in [0.717, 1.165) is 26.2 Å².